The molecular formula is C36H36F3NO3S. The third-order valence-corrected chi connectivity index (χ3v) is 9.28. The van der Waals surface area contributed by atoms with E-state index in [0.29, 0.717) is 19.0 Å². The summed E-state index contributed by atoms with van der Waals surface area (Å²) in [6.07, 6.45) is 0.122. The van der Waals surface area contributed by atoms with E-state index in [1.807, 2.05) is 75.4 Å². The fraction of sp³-hybridized carbons (Fsp3) is 0.306. The molecule has 0 saturated carbocycles. The minimum atomic E-state index is -1.25. The Kier molecular flexibility index (Phi) is 9.71. The van der Waals surface area contributed by atoms with Crippen LogP contribution in [0.2, 0.25) is 0 Å². The third kappa shape index (κ3) is 7.13. The quantitative estimate of drug-likeness (QED) is 0.139. The molecule has 1 aliphatic heterocycles. The van der Waals surface area contributed by atoms with Crippen LogP contribution in [0.3, 0.4) is 0 Å². The number of carbonyl (C=O) groups is 1. The predicted molar refractivity (Wildman–Crippen MR) is 168 cm³/mol. The van der Waals surface area contributed by atoms with Crippen LogP contribution in [0.1, 0.15) is 49.4 Å². The first-order valence-corrected chi connectivity index (χ1v) is 15.5. The summed E-state index contributed by atoms with van der Waals surface area (Å²) in [7, 11) is 0. The Bertz CT molecular complexity index is 1450. The average molecular weight is 620 g/mol. The molecule has 0 radical (unpaired) electrons. The maximum absolute atomic E-state index is 14.3. The van der Waals surface area contributed by atoms with Crippen molar-refractivity contribution in [2.75, 3.05) is 13.2 Å². The van der Waals surface area contributed by atoms with Gasteiger partial charge in [0.1, 0.15) is 11.4 Å². The van der Waals surface area contributed by atoms with E-state index in [0.717, 1.165) is 22.8 Å². The molecule has 2 atom stereocenters. The summed E-state index contributed by atoms with van der Waals surface area (Å²) in [6.45, 7) is 5.66. The molecule has 4 aromatic rings. The van der Waals surface area contributed by atoms with Gasteiger partial charge in [0.2, 0.25) is 0 Å². The second-order valence-electron chi connectivity index (χ2n) is 11.9. The fourth-order valence-electron chi connectivity index (χ4n) is 5.61. The molecule has 1 heterocycles. The van der Waals surface area contributed by atoms with Gasteiger partial charge in [-0.15, -0.1) is 11.8 Å². The first-order valence-electron chi connectivity index (χ1n) is 14.6. The summed E-state index contributed by atoms with van der Waals surface area (Å²) in [5.41, 5.74) is 2.54. The first kappa shape index (κ1) is 31.7. The van der Waals surface area contributed by atoms with Gasteiger partial charge in [-0.25, -0.2) is 18.0 Å². The monoisotopic (exact) mass is 619 g/mol. The molecule has 1 aliphatic rings. The van der Waals surface area contributed by atoms with Gasteiger partial charge in [0, 0.05) is 23.4 Å². The van der Waals surface area contributed by atoms with Gasteiger partial charge in [-0.2, -0.15) is 0 Å². The van der Waals surface area contributed by atoms with Gasteiger partial charge in [-0.1, -0.05) is 91.0 Å². The zero-order valence-corrected chi connectivity index (χ0v) is 25.8. The van der Waals surface area contributed by atoms with Gasteiger partial charge < -0.3 is 14.4 Å². The molecule has 0 aliphatic carbocycles. The molecule has 1 saturated heterocycles. The van der Waals surface area contributed by atoms with Crippen LogP contribution >= 0.6 is 11.8 Å². The molecule has 230 valence electrons. The van der Waals surface area contributed by atoms with Crippen molar-refractivity contribution in [3.63, 3.8) is 0 Å². The SMILES string of the molecule is CC(C)(C)OC(=O)N1C[C@H](SC(c2ccccc2)(c2ccccc2)c2ccccc2)C[C@H]1COCc1cc(F)c(F)cc1F. The Labute approximate surface area is 261 Å². The Morgan fingerprint density at radius 3 is 1.80 bits per heavy atom. The van der Waals surface area contributed by atoms with Gasteiger partial charge >= 0.3 is 6.09 Å². The van der Waals surface area contributed by atoms with E-state index < -0.39 is 33.9 Å². The lowest BCUT2D eigenvalue weighted by Gasteiger charge is -2.37. The van der Waals surface area contributed by atoms with E-state index in [2.05, 4.69) is 36.4 Å². The molecule has 0 N–H and O–H groups in total. The van der Waals surface area contributed by atoms with Crippen LogP contribution in [0.15, 0.2) is 103 Å². The lowest BCUT2D eigenvalue weighted by molar-refractivity contribution is 0.00857. The molecule has 44 heavy (non-hydrogen) atoms. The number of carbonyl (C=O) groups excluding carboxylic acids is 1. The maximum Gasteiger partial charge on any atom is 0.410 e. The van der Waals surface area contributed by atoms with Crippen LogP contribution in [-0.4, -0.2) is 41.0 Å². The molecule has 0 bridgehead atoms. The van der Waals surface area contributed by atoms with Crippen molar-refractivity contribution < 1.29 is 27.4 Å². The number of benzene rings is 4. The Morgan fingerprint density at radius 2 is 1.30 bits per heavy atom. The number of hydrogen-bond acceptors (Lipinski definition) is 4. The highest BCUT2D eigenvalue weighted by Gasteiger charge is 2.45. The van der Waals surface area contributed by atoms with Gasteiger partial charge in [0.25, 0.3) is 0 Å². The molecule has 0 spiro atoms. The van der Waals surface area contributed by atoms with Crippen molar-refractivity contribution in [2.45, 2.75) is 55.4 Å². The Hall–Kier alpha value is -3.75. The highest BCUT2D eigenvalue weighted by atomic mass is 32.2. The van der Waals surface area contributed by atoms with Crippen molar-refractivity contribution >= 4 is 17.9 Å². The molecule has 0 aromatic heterocycles. The fourth-order valence-corrected chi connectivity index (χ4v) is 7.48. The normalized spacial score (nSPS) is 17.1. The van der Waals surface area contributed by atoms with Crippen LogP contribution in [0.25, 0.3) is 0 Å². The van der Waals surface area contributed by atoms with Gasteiger partial charge in [0.15, 0.2) is 11.6 Å². The third-order valence-electron chi connectivity index (χ3n) is 7.55. The smallest absolute Gasteiger partial charge is 0.410 e. The summed E-state index contributed by atoms with van der Waals surface area (Å²) in [5, 5.41) is -0.0308. The molecular weight excluding hydrogens is 583 g/mol. The molecule has 8 heteroatoms. The number of rotatable bonds is 9. The van der Waals surface area contributed by atoms with E-state index in [4.69, 9.17) is 9.47 Å². The molecule has 4 nitrogen and oxygen atoms in total. The van der Waals surface area contributed by atoms with E-state index in [1.165, 1.54) is 0 Å². The Morgan fingerprint density at radius 1 is 0.795 bits per heavy atom. The first-order chi connectivity index (χ1) is 21.1. The van der Waals surface area contributed by atoms with Crippen molar-refractivity contribution in [1.29, 1.82) is 0 Å². The number of thioether (sulfide) groups is 1. The van der Waals surface area contributed by atoms with E-state index in [-0.39, 0.29) is 30.1 Å². The number of ether oxygens (including phenoxy) is 2. The van der Waals surface area contributed by atoms with E-state index in [9.17, 15) is 18.0 Å². The largest absolute Gasteiger partial charge is 0.444 e. The Balaban J connectivity index is 1.46. The topological polar surface area (TPSA) is 38.8 Å². The highest BCUT2D eigenvalue weighted by Crippen LogP contribution is 2.52. The lowest BCUT2D eigenvalue weighted by Crippen LogP contribution is -2.42. The highest BCUT2D eigenvalue weighted by molar-refractivity contribution is 8.01. The zero-order valence-electron chi connectivity index (χ0n) is 25.0. The van der Waals surface area contributed by atoms with Crippen LogP contribution in [0.4, 0.5) is 18.0 Å². The molecule has 1 amide bonds. The molecule has 0 unspecified atom stereocenters. The standard InChI is InChI=1S/C36H36F3NO3S/c1-35(2,3)43-34(41)40-22-30(20-29(40)24-42-23-25-19-32(38)33(39)21-31(25)37)44-36(26-13-7-4-8-14-26,27-15-9-5-10-16-27)28-17-11-6-12-18-28/h4-19,21,29-30H,20,22-24H2,1-3H3/t29-,30+/m0/s1. The number of nitrogens with zero attached hydrogens (tertiary/aromatic N) is 1. The molecule has 4 aromatic carbocycles. The number of likely N-dealkylation sites (tertiary alicyclic amines) is 1. The van der Waals surface area contributed by atoms with Crippen LogP contribution in [0.5, 0.6) is 0 Å². The van der Waals surface area contributed by atoms with Gasteiger partial charge in [-0.05, 0) is 49.9 Å². The number of halogens is 3. The van der Waals surface area contributed by atoms with E-state index in [1.54, 1.807) is 16.7 Å². The maximum atomic E-state index is 14.3. The summed E-state index contributed by atoms with van der Waals surface area (Å²) in [6, 6.07) is 31.9. The van der Waals surface area contributed by atoms with Gasteiger partial charge in [0.05, 0.1) is 24.0 Å². The predicted octanol–water partition coefficient (Wildman–Crippen LogP) is 8.72. The zero-order chi connectivity index (χ0) is 31.3. The summed E-state index contributed by atoms with van der Waals surface area (Å²) in [5.74, 6) is -3.28. The minimum Gasteiger partial charge on any atom is -0.444 e. The van der Waals surface area contributed by atoms with Crippen molar-refractivity contribution in [3.8, 4) is 0 Å². The van der Waals surface area contributed by atoms with Crippen molar-refractivity contribution in [2.24, 2.45) is 0 Å². The van der Waals surface area contributed by atoms with Crippen LogP contribution in [0, 0.1) is 17.5 Å². The second-order valence-corrected chi connectivity index (χ2v) is 13.4. The van der Waals surface area contributed by atoms with E-state index >= 15 is 0 Å². The van der Waals surface area contributed by atoms with Crippen molar-refractivity contribution in [3.05, 3.63) is 143 Å². The average Bonchev–Trinajstić information content (AvgIpc) is 3.41. The molecule has 1 fully saturated rings. The second kappa shape index (κ2) is 13.5. The number of hydrogen-bond donors (Lipinski definition) is 0. The summed E-state index contributed by atoms with van der Waals surface area (Å²) < 4.78 is 52.5. The lowest BCUT2D eigenvalue weighted by atomic mass is 9.84. The minimum absolute atomic E-state index is 0.0308. The summed E-state index contributed by atoms with van der Waals surface area (Å²) >= 11 is 1.78. The summed E-state index contributed by atoms with van der Waals surface area (Å²) in [4.78, 5) is 15.1. The number of amides is 1. The van der Waals surface area contributed by atoms with Crippen molar-refractivity contribution in [1.82, 2.24) is 4.90 Å². The van der Waals surface area contributed by atoms with Crippen LogP contribution < -0.4 is 0 Å². The van der Waals surface area contributed by atoms with Gasteiger partial charge in [-0.3, -0.25) is 0 Å². The molecule has 5 rings (SSSR count). The van der Waals surface area contributed by atoms with Crippen LogP contribution in [-0.2, 0) is 20.8 Å².